The molecular formula is C13H24ClN3O2. The molecule has 2 heterocycles. The minimum absolute atomic E-state index is 0. The molecule has 2 saturated heterocycles. The summed E-state index contributed by atoms with van der Waals surface area (Å²) in [5, 5.41) is 3.37. The molecule has 0 radical (unpaired) electrons. The highest BCUT2D eigenvalue weighted by Gasteiger charge is 2.30. The molecule has 19 heavy (non-hydrogen) atoms. The minimum Gasteiger partial charge on any atom is -0.315 e. The van der Waals surface area contributed by atoms with Crippen LogP contribution in [0.15, 0.2) is 0 Å². The molecule has 2 aliphatic heterocycles. The van der Waals surface area contributed by atoms with E-state index in [1.54, 1.807) is 0 Å². The van der Waals surface area contributed by atoms with Crippen molar-refractivity contribution in [3.05, 3.63) is 0 Å². The van der Waals surface area contributed by atoms with Gasteiger partial charge in [-0.15, -0.1) is 12.4 Å². The molecule has 0 spiro atoms. The van der Waals surface area contributed by atoms with E-state index in [1.165, 1.54) is 11.3 Å². The summed E-state index contributed by atoms with van der Waals surface area (Å²) in [5.41, 5.74) is 0. The van der Waals surface area contributed by atoms with Crippen LogP contribution in [0, 0.1) is 0 Å². The molecular weight excluding hydrogens is 266 g/mol. The molecule has 2 aliphatic rings. The lowest BCUT2D eigenvalue weighted by molar-refractivity contribution is -0.138. The largest absolute Gasteiger partial charge is 0.315 e. The molecule has 110 valence electrons. The SMILES string of the molecule is CCCN(CCN1C(=O)CCC1=O)C1CCNC1.Cl. The molecule has 1 unspecified atom stereocenters. The molecule has 2 amide bonds. The minimum atomic E-state index is 0. The van der Waals surface area contributed by atoms with Gasteiger partial charge in [0.25, 0.3) is 0 Å². The first-order valence-corrected chi connectivity index (χ1v) is 7.00. The number of hydrogen-bond acceptors (Lipinski definition) is 4. The van der Waals surface area contributed by atoms with Crippen LogP contribution in [0.1, 0.15) is 32.6 Å². The molecule has 0 aromatic heterocycles. The van der Waals surface area contributed by atoms with E-state index in [4.69, 9.17) is 0 Å². The van der Waals surface area contributed by atoms with Crippen molar-refractivity contribution in [1.29, 1.82) is 0 Å². The van der Waals surface area contributed by atoms with Crippen LogP contribution in [0.2, 0.25) is 0 Å². The van der Waals surface area contributed by atoms with Crippen molar-refractivity contribution in [1.82, 2.24) is 15.1 Å². The second-order valence-electron chi connectivity index (χ2n) is 5.12. The summed E-state index contributed by atoms with van der Waals surface area (Å²) in [7, 11) is 0. The molecule has 0 bridgehead atoms. The number of halogens is 1. The number of amides is 2. The Kier molecular flexibility index (Phi) is 6.75. The summed E-state index contributed by atoms with van der Waals surface area (Å²) in [6.45, 7) is 6.70. The fourth-order valence-electron chi connectivity index (χ4n) is 2.82. The smallest absolute Gasteiger partial charge is 0.229 e. The van der Waals surface area contributed by atoms with E-state index < -0.39 is 0 Å². The average molecular weight is 290 g/mol. The van der Waals surface area contributed by atoms with E-state index in [-0.39, 0.29) is 24.2 Å². The van der Waals surface area contributed by atoms with Gasteiger partial charge in [-0.3, -0.25) is 19.4 Å². The maximum Gasteiger partial charge on any atom is 0.229 e. The van der Waals surface area contributed by atoms with E-state index >= 15 is 0 Å². The quantitative estimate of drug-likeness (QED) is 0.729. The fraction of sp³-hybridized carbons (Fsp3) is 0.846. The van der Waals surface area contributed by atoms with Crippen LogP contribution in [0.4, 0.5) is 0 Å². The van der Waals surface area contributed by atoms with Gasteiger partial charge < -0.3 is 5.32 Å². The van der Waals surface area contributed by atoms with Crippen LogP contribution < -0.4 is 5.32 Å². The van der Waals surface area contributed by atoms with Gasteiger partial charge in [0.05, 0.1) is 0 Å². The summed E-state index contributed by atoms with van der Waals surface area (Å²) in [6, 6.07) is 0.567. The van der Waals surface area contributed by atoms with Gasteiger partial charge >= 0.3 is 0 Å². The van der Waals surface area contributed by atoms with E-state index in [2.05, 4.69) is 17.1 Å². The average Bonchev–Trinajstić information content (AvgIpc) is 2.97. The summed E-state index contributed by atoms with van der Waals surface area (Å²) >= 11 is 0. The van der Waals surface area contributed by atoms with Gasteiger partial charge in [0.15, 0.2) is 0 Å². The third kappa shape index (κ3) is 4.16. The first-order valence-electron chi connectivity index (χ1n) is 7.00. The van der Waals surface area contributed by atoms with Crippen molar-refractivity contribution in [2.75, 3.05) is 32.7 Å². The molecule has 5 nitrogen and oxygen atoms in total. The molecule has 2 rings (SSSR count). The highest BCUT2D eigenvalue weighted by molar-refractivity contribution is 6.01. The van der Waals surface area contributed by atoms with Crippen molar-refractivity contribution < 1.29 is 9.59 Å². The topological polar surface area (TPSA) is 52.7 Å². The summed E-state index contributed by atoms with van der Waals surface area (Å²) in [6.07, 6.45) is 3.08. The number of carbonyl (C=O) groups is 2. The molecule has 1 N–H and O–H groups in total. The lowest BCUT2D eigenvalue weighted by atomic mass is 10.2. The number of rotatable bonds is 6. The number of nitrogens with one attached hydrogen (secondary N) is 1. The number of hydrogen-bond donors (Lipinski definition) is 1. The second kappa shape index (κ2) is 7.82. The summed E-state index contributed by atoms with van der Waals surface area (Å²) in [5.74, 6) is 0.00184. The number of nitrogens with zero attached hydrogens (tertiary/aromatic N) is 2. The predicted molar refractivity (Wildman–Crippen MR) is 76.3 cm³/mol. The Hall–Kier alpha value is -0.650. The molecule has 2 fully saturated rings. The highest BCUT2D eigenvalue weighted by Crippen LogP contribution is 2.13. The normalized spacial score (nSPS) is 23.3. The van der Waals surface area contributed by atoms with Gasteiger partial charge in [0, 0.05) is 38.5 Å². The standard InChI is InChI=1S/C13H23N3O2.ClH/c1-2-7-15(11-5-6-14-10-11)8-9-16-12(17)3-4-13(16)18;/h11,14H,2-10H2,1H3;1H. The molecule has 6 heteroatoms. The van der Waals surface area contributed by atoms with E-state index in [0.717, 1.165) is 32.6 Å². The molecule has 0 aromatic rings. The van der Waals surface area contributed by atoms with Crippen LogP contribution in [0.3, 0.4) is 0 Å². The molecule has 1 atom stereocenters. The molecule has 0 saturated carbocycles. The predicted octanol–water partition coefficient (Wildman–Crippen LogP) is 0.631. The first-order chi connectivity index (χ1) is 8.72. The summed E-state index contributed by atoms with van der Waals surface area (Å²) in [4.78, 5) is 27.0. The Labute approximate surface area is 121 Å². The number of likely N-dealkylation sites (tertiary alicyclic amines) is 1. The van der Waals surface area contributed by atoms with Crippen molar-refractivity contribution in [2.24, 2.45) is 0 Å². The molecule has 0 aromatic carbocycles. The van der Waals surface area contributed by atoms with Crippen LogP contribution >= 0.6 is 12.4 Å². The van der Waals surface area contributed by atoms with Gasteiger partial charge in [-0.2, -0.15) is 0 Å². The second-order valence-corrected chi connectivity index (χ2v) is 5.12. The first kappa shape index (κ1) is 16.4. The van der Waals surface area contributed by atoms with Gasteiger partial charge in [-0.25, -0.2) is 0 Å². The Balaban J connectivity index is 0.00000180. The van der Waals surface area contributed by atoms with Crippen molar-refractivity contribution in [2.45, 2.75) is 38.6 Å². The van der Waals surface area contributed by atoms with Gasteiger partial charge in [-0.1, -0.05) is 6.92 Å². The Morgan fingerprint density at radius 3 is 2.47 bits per heavy atom. The zero-order valence-corrected chi connectivity index (χ0v) is 12.4. The van der Waals surface area contributed by atoms with Crippen molar-refractivity contribution >= 4 is 24.2 Å². The van der Waals surface area contributed by atoms with Crippen LogP contribution in [-0.2, 0) is 9.59 Å². The van der Waals surface area contributed by atoms with Gasteiger partial charge in [0.1, 0.15) is 0 Å². The lowest BCUT2D eigenvalue weighted by Gasteiger charge is -2.29. The van der Waals surface area contributed by atoms with Crippen LogP contribution in [-0.4, -0.2) is 60.4 Å². The third-order valence-corrected chi connectivity index (χ3v) is 3.83. The zero-order valence-electron chi connectivity index (χ0n) is 11.6. The van der Waals surface area contributed by atoms with Crippen molar-refractivity contribution in [3.8, 4) is 0 Å². The van der Waals surface area contributed by atoms with E-state index in [0.29, 0.717) is 25.4 Å². The Morgan fingerprint density at radius 2 is 1.95 bits per heavy atom. The fourth-order valence-corrected chi connectivity index (χ4v) is 2.82. The van der Waals surface area contributed by atoms with Crippen LogP contribution in [0.25, 0.3) is 0 Å². The van der Waals surface area contributed by atoms with E-state index in [1.807, 2.05) is 0 Å². The number of imide groups is 1. The lowest BCUT2D eigenvalue weighted by Crippen LogP contribution is -2.43. The van der Waals surface area contributed by atoms with Crippen LogP contribution in [0.5, 0.6) is 0 Å². The highest BCUT2D eigenvalue weighted by atomic mass is 35.5. The number of carbonyl (C=O) groups excluding carboxylic acids is 2. The van der Waals surface area contributed by atoms with E-state index in [9.17, 15) is 9.59 Å². The third-order valence-electron chi connectivity index (χ3n) is 3.83. The van der Waals surface area contributed by atoms with Gasteiger partial charge in [0.2, 0.25) is 11.8 Å². The van der Waals surface area contributed by atoms with Crippen molar-refractivity contribution in [3.63, 3.8) is 0 Å². The van der Waals surface area contributed by atoms with Gasteiger partial charge in [-0.05, 0) is 25.9 Å². The maximum absolute atomic E-state index is 11.6. The summed E-state index contributed by atoms with van der Waals surface area (Å²) < 4.78 is 0. The molecule has 0 aliphatic carbocycles. The zero-order chi connectivity index (χ0) is 13.0. The Bertz CT molecular complexity index is 303. The maximum atomic E-state index is 11.6. The monoisotopic (exact) mass is 289 g/mol. The Morgan fingerprint density at radius 1 is 1.26 bits per heavy atom.